The maximum atomic E-state index is 13.6. The van der Waals surface area contributed by atoms with Gasteiger partial charge in [0.1, 0.15) is 35.2 Å². The van der Waals surface area contributed by atoms with Crippen LogP contribution < -0.4 is 18.9 Å². The molecule has 1 amide bonds. The van der Waals surface area contributed by atoms with Crippen LogP contribution in [0.25, 0.3) is 0 Å². The minimum Gasteiger partial charge on any atom is -0.495 e. The summed E-state index contributed by atoms with van der Waals surface area (Å²) < 4.78 is 24.2. The normalized spacial score (nSPS) is 28.3. The summed E-state index contributed by atoms with van der Waals surface area (Å²) in [6.45, 7) is 8.16. The highest BCUT2D eigenvalue weighted by atomic mass is 35.5. The number of aliphatic hydroxyl groups is 4. The summed E-state index contributed by atoms with van der Waals surface area (Å²) in [5, 5.41) is 58.5. The number of benzene rings is 4. The van der Waals surface area contributed by atoms with Crippen molar-refractivity contribution in [3.63, 3.8) is 0 Å². The Bertz CT molecular complexity index is 2820. The third kappa shape index (κ3) is 7.46. The Morgan fingerprint density at radius 2 is 0.971 bits per heavy atom. The average molecular weight is 975 g/mol. The smallest absolute Gasteiger partial charge is 0.310 e. The number of ether oxygens (including phenoxy) is 4. The molecular formula is C55H60ClN3O11. The van der Waals surface area contributed by atoms with Crippen molar-refractivity contribution in [3.8, 4) is 23.0 Å². The molecule has 2 aromatic heterocycles. The van der Waals surface area contributed by atoms with Crippen LogP contribution in [-0.4, -0.2) is 92.8 Å². The van der Waals surface area contributed by atoms with Crippen molar-refractivity contribution < 1.29 is 54.1 Å². The first-order valence-corrected chi connectivity index (χ1v) is 23.0. The number of hydrogen-bond donors (Lipinski definition) is 5. The summed E-state index contributed by atoms with van der Waals surface area (Å²) in [5.41, 5.74) is -2.06. The molecule has 4 aliphatic rings. The number of carbonyl (C=O) groups is 2. The van der Waals surface area contributed by atoms with Crippen LogP contribution in [0.15, 0.2) is 134 Å². The minimum atomic E-state index is -2.10. The Balaban J connectivity index is 0.000000193. The van der Waals surface area contributed by atoms with Gasteiger partial charge in [0.2, 0.25) is 5.91 Å². The molecule has 15 heteroatoms. The molecule has 2 aliphatic carbocycles. The van der Waals surface area contributed by atoms with Crippen LogP contribution in [0.4, 0.5) is 0 Å². The van der Waals surface area contributed by atoms with Gasteiger partial charge in [0.25, 0.3) is 0 Å². The Morgan fingerprint density at radius 1 is 0.614 bits per heavy atom. The number of amides is 1. The van der Waals surface area contributed by atoms with Crippen molar-refractivity contribution in [3.05, 3.63) is 178 Å². The quantitative estimate of drug-likeness (QED) is 0.102. The molecule has 2 fully saturated rings. The molecule has 10 atom stereocenters. The van der Waals surface area contributed by atoms with E-state index >= 15 is 0 Å². The highest BCUT2D eigenvalue weighted by Crippen LogP contribution is 2.71. The lowest BCUT2D eigenvalue weighted by Gasteiger charge is -2.40. The van der Waals surface area contributed by atoms with Crippen LogP contribution >= 0.6 is 12.4 Å². The number of aliphatic carboxylic acids is 1. The van der Waals surface area contributed by atoms with Crippen LogP contribution in [0.3, 0.4) is 0 Å². The molecule has 368 valence electrons. The van der Waals surface area contributed by atoms with E-state index in [1.165, 1.54) is 50.3 Å². The molecule has 2 aliphatic heterocycles. The van der Waals surface area contributed by atoms with Crippen molar-refractivity contribution in [2.45, 2.75) is 80.6 Å². The maximum Gasteiger partial charge on any atom is 0.310 e. The monoisotopic (exact) mass is 973 g/mol. The largest absolute Gasteiger partial charge is 0.495 e. The third-order valence-electron chi connectivity index (χ3n) is 14.0. The summed E-state index contributed by atoms with van der Waals surface area (Å²) in [6.07, 6.45) is 3.96. The molecule has 0 radical (unpaired) electrons. The predicted molar refractivity (Wildman–Crippen MR) is 263 cm³/mol. The van der Waals surface area contributed by atoms with Gasteiger partial charge >= 0.3 is 5.97 Å². The van der Waals surface area contributed by atoms with Crippen molar-refractivity contribution in [2.75, 3.05) is 28.3 Å². The van der Waals surface area contributed by atoms with E-state index < -0.39 is 64.3 Å². The Morgan fingerprint density at radius 3 is 1.31 bits per heavy atom. The first-order valence-electron chi connectivity index (χ1n) is 23.0. The molecular weight excluding hydrogens is 914 g/mol. The number of aryl methyl sites for hydroxylation is 2. The maximum absolute atomic E-state index is 13.6. The van der Waals surface area contributed by atoms with Gasteiger partial charge in [-0.1, -0.05) is 141 Å². The van der Waals surface area contributed by atoms with E-state index in [-0.39, 0.29) is 41.1 Å². The lowest BCUT2D eigenvalue weighted by molar-refractivity contribution is -0.159. The number of carboxylic acids is 1. The number of fused-ring (bicyclic) bond motifs is 6. The van der Waals surface area contributed by atoms with Gasteiger partial charge in [-0.25, -0.2) is 0 Å². The van der Waals surface area contributed by atoms with E-state index in [0.29, 0.717) is 28.0 Å². The second kappa shape index (κ2) is 19.7. The number of halogens is 1. The summed E-state index contributed by atoms with van der Waals surface area (Å²) >= 11 is 0. The van der Waals surface area contributed by atoms with Crippen LogP contribution in [0.5, 0.6) is 23.0 Å². The summed E-state index contributed by atoms with van der Waals surface area (Å²) in [6, 6.07) is 33.4. The summed E-state index contributed by atoms with van der Waals surface area (Å²) in [5.74, 6) is -4.37. The Kier molecular flexibility index (Phi) is 14.4. The van der Waals surface area contributed by atoms with E-state index in [9.17, 15) is 35.1 Å². The first kappa shape index (κ1) is 51.3. The zero-order valence-corrected chi connectivity index (χ0v) is 41.1. The van der Waals surface area contributed by atoms with Gasteiger partial charge in [-0.15, -0.1) is 12.4 Å². The number of carbonyl (C=O) groups excluding carboxylic acids is 1. The van der Waals surface area contributed by atoms with E-state index in [1.807, 2.05) is 86.6 Å². The van der Waals surface area contributed by atoms with Crippen LogP contribution in [0.1, 0.15) is 76.6 Å². The fourth-order valence-electron chi connectivity index (χ4n) is 11.2. The molecule has 70 heavy (non-hydrogen) atoms. The number of methoxy groups -OCH3 is 2. The van der Waals surface area contributed by atoms with Crippen LogP contribution in [0, 0.1) is 25.7 Å². The van der Waals surface area contributed by atoms with Crippen LogP contribution in [0.2, 0.25) is 0 Å². The van der Waals surface area contributed by atoms with Crippen molar-refractivity contribution >= 4 is 24.3 Å². The average Bonchev–Trinajstić information content (AvgIpc) is 3.93. The van der Waals surface area contributed by atoms with Gasteiger partial charge in [0.15, 0.2) is 22.4 Å². The van der Waals surface area contributed by atoms with Gasteiger partial charge in [0.05, 0.1) is 62.0 Å². The van der Waals surface area contributed by atoms with Crippen LogP contribution in [-0.2, 0) is 32.0 Å². The van der Waals surface area contributed by atoms with Gasteiger partial charge in [-0.2, -0.15) is 0 Å². The number of nitrogens with zero attached hydrogens (tertiary/aromatic N) is 3. The molecule has 0 unspecified atom stereocenters. The molecule has 4 heterocycles. The molecule has 0 bridgehead atoms. The Labute approximate surface area is 413 Å². The molecule has 10 rings (SSSR count). The first-order chi connectivity index (χ1) is 33.0. The zero-order chi connectivity index (χ0) is 49.6. The van der Waals surface area contributed by atoms with E-state index in [1.54, 1.807) is 50.5 Å². The Hall–Kier alpha value is -6.55. The molecule has 4 aromatic carbocycles. The number of pyridine rings is 2. The fourth-order valence-corrected chi connectivity index (χ4v) is 11.2. The number of hydrogen-bond acceptors (Lipinski definition) is 12. The minimum absolute atomic E-state index is 0. The van der Waals surface area contributed by atoms with Gasteiger partial charge in [0, 0.05) is 25.9 Å². The van der Waals surface area contributed by atoms with E-state index in [4.69, 9.17) is 18.9 Å². The highest BCUT2D eigenvalue weighted by Gasteiger charge is 2.79. The molecule has 2 saturated carbocycles. The lowest BCUT2D eigenvalue weighted by atomic mass is 9.70. The molecule has 0 saturated heterocycles. The molecule has 6 aromatic rings. The molecule has 5 N–H and O–H groups in total. The number of rotatable bonds is 8. The summed E-state index contributed by atoms with van der Waals surface area (Å²) in [7, 11) is 6.20. The number of aliphatic hydroxyl groups excluding tert-OH is 2. The second-order valence-corrected chi connectivity index (χ2v) is 18.4. The highest BCUT2D eigenvalue weighted by molar-refractivity contribution is 5.85. The lowest BCUT2D eigenvalue weighted by Crippen LogP contribution is -2.52. The van der Waals surface area contributed by atoms with Crippen molar-refractivity contribution in [2.24, 2.45) is 11.8 Å². The molecule has 14 nitrogen and oxygen atoms in total. The zero-order valence-electron chi connectivity index (χ0n) is 40.3. The standard InChI is InChI=1S/C27H28N2O5.C25H23NO6.C3H8.ClH/c1-16-10-12-18(13-11-16)27-22(17-8-6-5-7-9-17)21(25(31)29(2)3)24(30)26(27,32)23-19(33-4)14-28-15-20(23)34-27;1-14-8-10-16(11-9-14)25-20(15-6-4-3-5-7-15)19(23(28)29)22(27)24(25,30)21-17(31-2)12-26-13-18(21)32-25;1-3-2;/h5-15,21-22,24,30,32H,1-4H3;3-13,19-20,22,27,30H,1-2H3,(H,28,29);3H2,1-2H3;1H/t21-,22-,24-,26+,27+;19-,20-,22-,24+,25+;;/m11../s1. The number of aromatic nitrogens is 2. The third-order valence-corrected chi connectivity index (χ3v) is 14.0. The molecule has 0 spiro atoms. The second-order valence-electron chi connectivity index (χ2n) is 18.4. The predicted octanol–water partition coefficient (Wildman–Crippen LogP) is 7.31. The fraction of sp³-hybridized carbons (Fsp3) is 0.345. The summed E-state index contributed by atoms with van der Waals surface area (Å²) in [4.78, 5) is 35.9. The number of carboxylic acid groups (broad SMARTS) is 1. The van der Waals surface area contributed by atoms with Crippen molar-refractivity contribution in [1.82, 2.24) is 14.9 Å². The van der Waals surface area contributed by atoms with Gasteiger partial charge in [-0.3, -0.25) is 19.6 Å². The van der Waals surface area contributed by atoms with Crippen molar-refractivity contribution in [1.29, 1.82) is 0 Å². The van der Waals surface area contributed by atoms with E-state index in [0.717, 1.165) is 16.7 Å². The van der Waals surface area contributed by atoms with Gasteiger partial charge < -0.3 is 49.4 Å². The topological polar surface area (TPSA) is 201 Å². The van der Waals surface area contributed by atoms with E-state index in [2.05, 4.69) is 23.8 Å². The van der Waals surface area contributed by atoms with Gasteiger partial charge in [-0.05, 0) is 36.1 Å². The SMILES string of the molecule is CCC.COc1cncc2c1[C@]1(O)[C@H](O)[C@H](C(=O)N(C)C)[C@@H](c3ccccc3)[C@]1(c1ccc(C)cc1)O2.COc1cncc2c1[C@]1(O)[C@H](O)[C@H](C(=O)O)[C@@H](c3ccccc3)[C@]1(c1ccc(C)cc1)O2.Cl.